The van der Waals surface area contributed by atoms with Crippen LogP contribution in [0.25, 0.3) is 10.2 Å². The third kappa shape index (κ3) is 4.24. The van der Waals surface area contributed by atoms with Crippen LogP contribution in [0.3, 0.4) is 0 Å². The lowest BCUT2D eigenvalue weighted by Crippen LogP contribution is -2.37. The summed E-state index contributed by atoms with van der Waals surface area (Å²) in [7, 11) is 0. The van der Waals surface area contributed by atoms with E-state index in [2.05, 4.69) is 32.0 Å². The number of fused-ring (bicyclic) bond motifs is 1. The molecule has 1 unspecified atom stereocenters. The largest absolute Gasteiger partial charge is 0.376 e. The number of carbonyl (C=O) groups excluding carboxylic acids is 1. The number of aromatic nitrogens is 1. The number of thiazole rings is 1. The first kappa shape index (κ1) is 19.4. The average molecular weight is 413 g/mol. The number of thioether (sulfide) groups is 1. The monoisotopic (exact) mass is 412 g/mol. The Labute approximate surface area is 173 Å². The number of benzene rings is 2. The minimum atomic E-state index is -0.00942. The summed E-state index contributed by atoms with van der Waals surface area (Å²) in [5.41, 5.74) is 2.84. The first-order chi connectivity index (χ1) is 13.6. The van der Waals surface area contributed by atoms with Gasteiger partial charge >= 0.3 is 0 Å². The lowest BCUT2D eigenvalue weighted by atomic mass is 10.2. The van der Waals surface area contributed by atoms with Crippen LogP contribution in [0, 0.1) is 6.92 Å². The Kier molecular flexibility index (Phi) is 5.99. The molecular weight excluding hydrogens is 388 g/mol. The van der Waals surface area contributed by atoms with Gasteiger partial charge < -0.3 is 4.74 Å². The van der Waals surface area contributed by atoms with E-state index in [1.54, 1.807) is 23.1 Å². The van der Waals surface area contributed by atoms with E-state index in [4.69, 9.17) is 9.72 Å². The maximum Gasteiger partial charge on any atom is 0.260 e. The number of hydrogen-bond donors (Lipinski definition) is 0. The van der Waals surface area contributed by atoms with Gasteiger partial charge in [-0.15, -0.1) is 11.8 Å². The molecule has 146 valence electrons. The minimum Gasteiger partial charge on any atom is -0.376 e. The molecule has 28 heavy (non-hydrogen) atoms. The second-order valence-corrected chi connectivity index (χ2v) is 9.33. The Bertz CT molecular complexity index is 980. The van der Waals surface area contributed by atoms with E-state index < -0.39 is 0 Å². The zero-order valence-electron chi connectivity index (χ0n) is 16.2. The van der Waals surface area contributed by atoms with Gasteiger partial charge in [-0.05, 0) is 61.4 Å². The molecule has 1 fully saturated rings. The van der Waals surface area contributed by atoms with Crippen molar-refractivity contribution in [3.63, 3.8) is 0 Å². The number of carbonyl (C=O) groups is 1. The Morgan fingerprint density at radius 2 is 2.21 bits per heavy atom. The van der Waals surface area contributed by atoms with Gasteiger partial charge in [0.25, 0.3) is 5.91 Å². The van der Waals surface area contributed by atoms with Gasteiger partial charge in [0, 0.05) is 17.1 Å². The van der Waals surface area contributed by atoms with Crippen LogP contribution in [0.4, 0.5) is 5.13 Å². The third-order valence-corrected chi connectivity index (χ3v) is 6.73. The van der Waals surface area contributed by atoms with Crippen molar-refractivity contribution in [1.82, 2.24) is 4.98 Å². The van der Waals surface area contributed by atoms with Gasteiger partial charge in [0.05, 0.1) is 22.9 Å². The first-order valence-corrected chi connectivity index (χ1v) is 11.5. The Hall–Kier alpha value is -1.89. The Morgan fingerprint density at radius 1 is 1.32 bits per heavy atom. The van der Waals surface area contributed by atoms with Crippen molar-refractivity contribution in [3.05, 3.63) is 53.6 Å². The molecule has 1 saturated heterocycles. The van der Waals surface area contributed by atoms with Gasteiger partial charge in [-0.2, -0.15) is 0 Å². The molecule has 0 saturated carbocycles. The van der Waals surface area contributed by atoms with E-state index in [0.29, 0.717) is 12.1 Å². The van der Waals surface area contributed by atoms with Crippen molar-refractivity contribution in [2.45, 2.75) is 37.7 Å². The summed E-state index contributed by atoms with van der Waals surface area (Å²) in [4.78, 5) is 21.2. The van der Waals surface area contributed by atoms with Crippen molar-refractivity contribution in [2.75, 3.05) is 23.8 Å². The van der Waals surface area contributed by atoms with Crippen LogP contribution in [-0.4, -0.2) is 35.9 Å². The number of aryl methyl sites for hydroxylation is 1. The number of nitrogens with zero attached hydrogens (tertiary/aromatic N) is 2. The second-order valence-electron chi connectivity index (χ2n) is 6.98. The number of anilines is 1. The van der Waals surface area contributed by atoms with Crippen molar-refractivity contribution < 1.29 is 9.53 Å². The van der Waals surface area contributed by atoms with E-state index >= 15 is 0 Å². The van der Waals surface area contributed by atoms with Crippen molar-refractivity contribution in [2.24, 2.45) is 0 Å². The highest BCUT2D eigenvalue weighted by Gasteiger charge is 2.27. The summed E-state index contributed by atoms with van der Waals surface area (Å²) >= 11 is 3.32. The van der Waals surface area contributed by atoms with Gasteiger partial charge in [0.2, 0.25) is 0 Å². The zero-order chi connectivity index (χ0) is 19.5. The predicted molar refractivity (Wildman–Crippen MR) is 118 cm³/mol. The predicted octanol–water partition coefficient (Wildman–Crippen LogP) is 5.54. The molecule has 1 aliphatic heterocycles. The Balaban J connectivity index is 1.69. The average Bonchev–Trinajstić information content (AvgIpc) is 3.35. The van der Waals surface area contributed by atoms with E-state index in [9.17, 15) is 4.79 Å². The topological polar surface area (TPSA) is 42.4 Å². The molecule has 2 aromatic carbocycles. The van der Waals surface area contributed by atoms with E-state index in [1.165, 1.54) is 5.56 Å². The fraction of sp³-hybridized carbons (Fsp3) is 0.364. The van der Waals surface area contributed by atoms with Crippen molar-refractivity contribution >= 4 is 44.4 Å². The highest BCUT2D eigenvalue weighted by Crippen LogP contribution is 2.32. The maximum atomic E-state index is 13.5. The molecule has 1 aliphatic rings. The standard InChI is InChI=1S/C22H24N2O2S2/c1-3-27-18-8-4-6-16(13-18)21(25)24(14-17-7-5-11-26-17)22-23-19-10-9-15(2)12-20(19)28-22/h4,6,8-10,12-13,17H,3,5,7,11,14H2,1-2H3. The first-order valence-electron chi connectivity index (χ1n) is 9.67. The molecule has 4 nitrogen and oxygen atoms in total. The third-order valence-electron chi connectivity index (χ3n) is 4.81. The Morgan fingerprint density at radius 3 is 3.00 bits per heavy atom. The summed E-state index contributed by atoms with van der Waals surface area (Å²) in [6.45, 7) is 5.51. The van der Waals surface area contributed by atoms with Gasteiger partial charge in [-0.3, -0.25) is 9.69 Å². The zero-order valence-corrected chi connectivity index (χ0v) is 17.8. The maximum absolute atomic E-state index is 13.5. The van der Waals surface area contributed by atoms with Gasteiger partial charge in [-0.1, -0.05) is 30.4 Å². The molecule has 1 amide bonds. The molecular formula is C22H24N2O2S2. The molecule has 0 N–H and O–H groups in total. The van der Waals surface area contributed by atoms with E-state index in [1.807, 2.05) is 29.2 Å². The van der Waals surface area contributed by atoms with Crippen LogP contribution in [0.15, 0.2) is 47.4 Å². The summed E-state index contributed by atoms with van der Waals surface area (Å²) < 4.78 is 6.93. The normalized spacial score (nSPS) is 16.6. The SMILES string of the molecule is CCSc1cccc(C(=O)N(CC2CCCO2)c2nc3ccc(C)cc3s2)c1. The minimum absolute atomic E-state index is 0.00942. The van der Waals surface area contributed by atoms with Crippen LogP contribution in [0.2, 0.25) is 0 Å². The highest BCUT2D eigenvalue weighted by atomic mass is 32.2. The van der Waals surface area contributed by atoms with E-state index in [0.717, 1.165) is 45.4 Å². The number of hydrogen-bond acceptors (Lipinski definition) is 5. The smallest absolute Gasteiger partial charge is 0.260 e. The fourth-order valence-corrected chi connectivity index (χ4v) is 5.21. The molecule has 1 aromatic heterocycles. The van der Waals surface area contributed by atoms with Crippen LogP contribution < -0.4 is 4.90 Å². The highest BCUT2D eigenvalue weighted by molar-refractivity contribution is 7.99. The molecule has 3 aromatic rings. The summed E-state index contributed by atoms with van der Waals surface area (Å²) in [6.07, 6.45) is 2.11. The molecule has 0 spiro atoms. The second kappa shape index (κ2) is 8.64. The molecule has 2 heterocycles. The molecule has 0 radical (unpaired) electrons. The molecule has 0 aliphatic carbocycles. The van der Waals surface area contributed by atoms with Gasteiger partial charge in [0.1, 0.15) is 0 Å². The van der Waals surface area contributed by atoms with Gasteiger partial charge in [0.15, 0.2) is 5.13 Å². The van der Waals surface area contributed by atoms with Crippen molar-refractivity contribution in [3.8, 4) is 0 Å². The van der Waals surface area contributed by atoms with Crippen LogP contribution in [-0.2, 0) is 4.74 Å². The molecule has 4 rings (SSSR count). The lowest BCUT2D eigenvalue weighted by Gasteiger charge is -2.23. The molecule has 1 atom stereocenters. The summed E-state index contributed by atoms with van der Waals surface area (Å²) in [6, 6.07) is 14.1. The number of rotatable bonds is 6. The van der Waals surface area contributed by atoms with Crippen LogP contribution in [0.5, 0.6) is 0 Å². The van der Waals surface area contributed by atoms with E-state index in [-0.39, 0.29) is 12.0 Å². The van der Waals surface area contributed by atoms with Crippen molar-refractivity contribution in [1.29, 1.82) is 0 Å². The summed E-state index contributed by atoms with van der Waals surface area (Å²) in [5, 5.41) is 0.745. The lowest BCUT2D eigenvalue weighted by molar-refractivity contribution is 0.0917. The van der Waals surface area contributed by atoms with Gasteiger partial charge in [-0.25, -0.2) is 4.98 Å². The summed E-state index contributed by atoms with van der Waals surface area (Å²) in [5.74, 6) is 0.971. The van der Waals surface area contributed by atoms with Crippen LogP contribution in [0.1, 0.15) is 35.7 Å². The molecule has 6 heteroatoms. The number of amides is 1. The molecule has 0 bridgehead atoms. The number of ether oxygens (including phenoxy) is 1. The fourth-order valence-electron chi connectivity index (χ4n) is 3.42. The quantitative estimate of drug-likeness (QED) is 0.498. The van der Waals surface area contributed by atoms with Crippen LogP contribution >= 0.6 is 23.1 Å².